The van der Waals surface area contributed by atoms with Gasteiger partial charge < -0.3 is 0 Å². The maximum absolute atomic E-state index is 4.74. The molecule has 0 spiro atoms. The molecule has 0 atom stereocenters. The first-order valence-corrected chi connectivity index (χ1v) is 10.7. The van der Waals surface area contributed by atoms with Gasteiger partial charge in [-0.25, -0.2) is 0 Å². The van der Waals surface area contributed by atoms with E-state index in [2.05, 4.69) is 73.9 Å². The van der Waals surface area contributed by atoms with Gasteiger partial charge in [-0.3, -0.25) is 4.57 Å². The van der Waals surface area contributed by atoms with Crippen LogP contribution in [0.25, 0.3) is 17.1 Å². The topological polar surface area (TPSA) is 30.7 Å². The van der Waals surface area contributed by atoms with Gasteiger partial charge >= 0.3 is 0 Å². The molecule has 2 aromatic carbocycles. The zero-order valence-corrected chi connectivity index (χ0v) is 17.4. The molecule has 4 rings (SSSR count). The highest BCUT2D eigenvalue weighted by Gasteiger charge is 2.25. The Labute approximate surface area is 168 Å². The molecule has 1 aromatic heterocycles. The van der Waals surface area contributed by atoms with Crippen LogP contribution in [0.15, 0.2) is 48.5 Å². The number of nitrogens with zero attached hydrogens (tertiary/aromatic N) is 3. The lowest BCUT2D eigenvalue weighted by Gasteiger charge is -2.23. The molecular formula is C25H31N3. The highest BCUT2D eigenvalue weighted by Crippen LogP contribution is 2.35. The molecule has 28 heavy (non-hydrogen) atoms. The Hall–Kier alpha value is -2.42. The molecule has 1 fully saturated rings. The Morgan fingerprint density at radius 3 is 2.50 bits per heavy atom. The molecule has 1 saturated carbocycles. The van der Waals surface area contributed by atoms with Crippen molar-refractivity contribution in [1.82, 2.24) is 14.8 Å². The van der Waals surface area contributed by atoms with Gasteiger partial charge in [0.25, 0.3) is 0 Å². The van der Waals surface area contributed by atoms with Gasteiger partial charge in [0.15, 0.2) is 5.82 Å². The van der Waals surface area contributed by atoms with Crippen molar-refractivity contribution in [3.05, 3.63) is 65.5 Å². The normalized spacial score (nSPS) is 15.3. The van der Waals surface area contributed by atoms with Crippen LogP contribution in [0.1, 0.15) is 68.8 Å². The minimum Gasteiger partial charge on any atom is -0.279 e. The fourth-order valence-electron chi connectivity index (χ4n) is 4.47. The monoisotopic (exact) mass is 373 g/mol. The molecule has 1 heterocycles. The molecule has 1 aliphatic rings. The average molecular weight is 374 g/mol. The molecule has 3 aromatic rings. The lowest BCUT2D eigenvalue weighted by Crippen LogP contribution is -2.12. The molecule has 0 saturated heterocycles. The van der Waals surface area contributed by atoms with Crippen molar-refractivity contribution in [3.8, 4) is 17.1 Å². The SMILES string of the molecule is Cc1ccccc1-n1c(-c2cccc(CC(C)C)c2)nnc1C1CCCCC1. The Balaban J connectivity index is 1.84. The van der Waals surface area contributed by atoms with Crippen molar-refractivity contribution in [1.29, 1.82) is 0 Å². The van der Waals surface area contributed by atoms with Gasteiger partial charge in [0.2, 0.25) is 0 Å². The molecule has 0 unspecified atom stereocenters. The van der Waals surface area contributed by atoms with E-state index in [1.54, 1.807) is 0 Å². The minimum absolute atomic E-state index is 0.508. The zero-order valence-electron chi connectivity index (χ0n) is 17.4. The van der Waals surface area contributed by atoms with Gasteiger partial charge in [-0.05, 0) is 55.4 Å². The molecular weight excluding hydrogens is 342 g/mol. The van der Waals surface area contributed by atoms with Crippen molar-refractivity contribution in [3.63, 3.8) is 0 Å². The largest absolute Gasteiger partial charge is 0.279 e. The van der Waals surface area contributed by atoms with Crippen molar-refractivity contribution >= 4 is 0 Å². The van der Waals surface area contributed by atoms with Crippen molar-refractivity contribution in [2.75, 3.05) is 0 Å². The second-order valence-electron chi connectivity index (χ2n) is 8.64. The summed E-state index contributed by atoms with van der Waals surface area (Å²) < 4.78 is 2.33. The molecule has 3 nitrogen and oxygen atoms in total. The van der Waals surface area contributed by atoms with Crippen LogP contribution in [0.4, 0.5) is 0 Å². The lowest BCUT2D eigenvalue weighted by molar-refractivity contribution is 0.424. The van der Waals surface area contributed by atoms with Crippen molar-refractivity contribution in [2.24, 2.45) is 5.92 Å². The van der Waals surface area contributed by atoms with Crippen LogP contribution in [-0.4, -0.2) is 14.8 Å². The van der Waals surface area contributed by atoms with Gasteiger partial charge in [0, 0.05) is 11.5 Å². The molecule has 0 amide bonds. The Morgan fingerprint density at radius 2 is 1.75 bits per heavy atom. The van der Waals surface area contributed by atoms with E-state index in [0.29, 0.717) is 11.8 Å². The third-order valence-corrected chi connectivity index (χ3v) is 5.84. The molecule has 146 valence electrons. The quantitative estimate of drug-likeness (QED) is 0.512. The van der Waals surface area contributed by atoms with E-state index in [-0.39, 0.29) is 0 Å². The summed E-state index contributed by atoms with van der Waals surface area (Å²) in [4.78, 5) is 0. The zero-order chi connectivity index (χ0) is 19.5. The number of rotatable bonds is 5. The van der Waals surface area contributed by atoms with E-state index >= 15 is 0 Å². The Morgan fingerprint density at radius 1 is 0.964 bits per heavy atom. The second-order valence-corrected chi connectivity index (χ2v) is 8.64. The van der Waals surface area contributed by atoms with E-state index in [1.807, 2.05) is 0 Å². The first-order valence-electron chi connectivity index (χ1n) is 10.7. The van der Waals surface area contributed by atoms with Crippen LogP contribution in [0.5, 0.6) is 0 Å². The minimum atomic E-state index is 0.508. The van der Waals surface area contributed by atoms with Crippen LogP contribution in [0, 0.1) is 12.8 Å². The number of hydrogen-bond acceptors (Lipinski definition) is 2. The van der Waals surface area contributed by atoms with Crippen LogP contribution in [0.2, 0.25) is 0 Å². The first-order chi connectivity index (χ1) is 13.6. The van der Waals surface area contributed by atoms with E-state index < -0.39 is 0 Å². The molecule has 0 aliphatic heterocycles. The molecule has 0 N–H and O–H groups in total. The smallest absolute Gasteiger partial charge is 0.168 e. The lowest BCUT2D eigenvalue weighted by atomic mass is 9.88. The summed E-state index contributed by atoms with van der Waals surface area (Å²) >= 11 is 0. The van der Waals surface area contributed by atoms with E-state index in [1.165, 1.54) is 48.9 Å². The second kappa shape index (κ2) is 8.30. The fourth-order valence-corrected chi connectivity index (χ4v) is 4.47. The summed E-state index contributed by atoms with van der Waals surface area (Å²) in [5.41, 5.74) is 5.00. The molecule has 0 bridgehead atoms. The highest BCUT2D eigenvalue weighted by molar-refractivity contribution is 5.61. The standard InChI is InChI=1S/C25H31N3/c1-18(2)16-20-11-9-14-22(17-20)25-27-26-24(21-12-5-4-6-13-21)28(25)23-15-8-7-10-19(23)3/h7-11,14-15,17-18,21H,4-6,12-13,16H2,1-3H3. The number of aromatic nitrogens is 3. The van der Waals surface area contributed by atoms with E-state index in [4.69, 9.17) is 10.2 Å². The Kier molecular flexibility index (Phi) is 5.61. The number of benzene rings is 2. The molecule has 0 radical (unpaired) electrons. The van der Waals surface area contributed by atoms with Crippen LogP contribution in [-0.2, 0) is 6.42 Å². The summed E-state index contributed by atoms with van der Waals surface area (Å²) in [5, 5.41) is 9.45. The fraction of sp³-hybridized carbons (Fsp3) is 0.440. The summed E-state index contributed by atoms with van der Waals surface area (Å²) in [6.45, 7) is 6.71. The van der Waals surface area contributed by atoms with Gasteiger partial charge in [-0.1, -0.05) is 69.5 Å². The van der Waals surface area contributed by atoms with E-state index in [0.717, 1.165) is 23.6 Å². The first kappa shape index (κ1) is 18.9. The third kappa shape index (κ3) is 3.89. The maximum Gasteiger partial charge on any atom is 0.168 e. The van der Waals surface area contributed by atoms with Crippen LogP contribution >= 0.6 is 0 Å². The van der Waals surface area contributed by atoms with Crippen molar-refractivity contribution in [2.45, 2.75) is 65.2 Å². The van der Waals surface area contributed by atoms with Crippen LogP contribution < -0.4 is 0 Å². The van der Waals surface area contributed by atoms with E-state index in [9.17, 15) is 0 Å². The summed E-state index contributed by atoms with van der Waals surface area (Å²) in [7, 11) is 0. The highest BCUT2D eigenvalue weighted by atomic mass is 15.3. The van der Waals surface area contributed by atoms with Crippen molar-refractivity contribution < 1.29 is 0 Å². The molecule has 1 aliphatic carbocycles. The Bertz CT molecular complexity index is 932. The average Bonchev–Trinajstić information content (AvgIpc) is 3.13. The molecule has 3 heteroatoms. The summed E-state index contributed by atoms with van der Waals surface area (Å²) in [5.74, 6) is 3.26. The number of para-hydroxylation sites is 1. The maximum atomic E-state index is 4.74. The number of aryl methyl sites for hydroxylation is 1. The van der Waals surface area contributed by atoms with Gasteiger partial charge in [-0.15, -0.1) is 10.2 Å². The van der Waals surface area contributed by atoms with Gasteiger partial charge in [0.05, 0.1) is 5.69 Å². The van der Waals surface area contributed by atoms with Gasteiger partial charge in [-0.2, -0.15) is 0 Å². The third-order valence-electron chi connectivity index (χ3n) is 5.84. The van der Waals surface area contributed by atoms with Gasteiger partial charge in [0.1, 0.15) is 5.82 Å². The number of hydrogen-bond donors (Lipinski definition) is 0. The van der Waals surface area contributed by atoms with Crippen LogP contribution in [0.3, 0.4) is 0 Å². The summed E-state index contributed by atoms with van der Waals surface area (Å²) in [6.07, 6.45) is 7.46. The predicted octanol–water partition coefficient (Wildman–Crippen LogP) is 6.49. The predicted molar refractivity (Wildman–Crippen MR) is 116 cm³/mol. The summed E-state index contributed by atoms with van der Waals surface area (Å²) in [6, 6.07) is 17.4.